The Labute approximate surface area is 97.5 Å². The highest BCUT2D eigenvalue weighted by Crippen LogP contribution is 2.57. The Hall–Kier alpha value is 0.350. The van der Waals surface area contributed by atoms with Gasteiger partial charge in [0.25, 0.3) is 0 Å². The molecule has 1 aliphatic carbocycles. The topological polar surface area (TPSA) is 0 Å². The van der Waals surface area contributed by atoms with E-state index in [1.165, 1.54) is 12.2 Å². The van der Waals surface area contributed by atoms with Crippen molar-refractivity contribution < 1.29 is 0 Å². The molecule has 90 valence electrons. The highest BCUT2D eigenvalue weighted by atomic mass is 32.3. The second-order valence-corrected chi connectivity index (χ2v) is 10.7. The molecular formula is C14H28S. The molecule has 2 aliphatic heterocycles. The Morgan fingerprint density at radius 3 is 2.60 bits per heavy atom. The van der Waals surface area contributed by atoms with E-state index < -0.39 is 0 Å². The maximum atomic E-state index is 2.64. The Kier molecular flexibility index (Phi) is 3.40. The molecule has 0 nitrogen and oxygen atoms in total. The Balaban J connectivity index is 1.99. The van der Waals surface area contributed by atoms with Crippen molar-refractivity contribution in [3.8, 4) is 0 Å². The summed E-state index contributed by atoms with van der Waals surface area (Å²) in [5.74, 6) is 8.89. The molecule has 3 rings (SSSR count). The second-order valence-electron chi connectivity index (χ2n) is 6.67. The first-order valence-corrected chi connectivity index (χ1v) is 9.26. The van der Waals surface area contributed by atoms with Crippen LogP contribution in [0.2, 0.25) is 0 Å². The van der Waals surface area contributed by atoms with Gasteiger partial charge in [0.1, 0.15) is 0 Å². The molecule has 2 saturated heterocycles. The van der Waals surface area contributed by atoms with E-state index in [0.29, 0.717) is 0 Å². The molecular weight excluding hydrogens is 200 g/mol. The minimum atomic E-state index is -0.243. The van der Waals surface area contributed by atoms with Crippen LogP contribution in [0.25, 0.3) is 0 Å². The van der Waals surface area contributed by atoms with Gasteiger partial charge in [0.05, 0.1) is 0 Å². The fourth-order valence-corrected chi connectivity index (χ4v) is 8.27. The van der Waals surface area contributed by atoms with Crippen LogP contribution in [0.15, 0.2) is 0 Å². The average Bonchev–Trinajstić information content (AvgIpc) is 2.10. The summed E-state index contributed by atoms with van der Waals surface area (Å²) >= 11 is 0. The zero-order valence-corrected chi connectivity index (χ0v) is 11.8. The molecule has 15 heavy (non-hydrogen) atoms. The lowest BCUT2D eigenvalue weighted by Gasteiger charge is -2.52. The standard InChI is InChI=1S/C14H28S/c1-11(2)9-15(4)7-5-6-13-8-14(10-15)12(13)3/h11-14H,5-10H2,1-4H3/t12-,13?,14?/m0/s1. The maximum absolute atomic E-state index is 2.64. The quantitative estimate of drug-likeness (QED) is 0.666. The van der Waals surface area contributed by atoms with Crippen LogP contribution in [-0.4, -0.2) is 23.5 Å². The van der Waals surface area contributed by atoms with Gasteiger partial charge in [0.2, 0.25) is 0 Å². The Morgan fingerprint density at radius 1 is 1.27 bits per heavy atom. The van der Waals surface area contributed by atoms with E-state index in [0.717, 1.165) is 23.7 Å². The van der Waals surface area contributed by atoms with Gasteiger partial charge in [0, 0.05) is 0 Å². The number of hydrogen-bond acceptors (Lipinski definition) is 0. The predicted molar refractivity (Wildman–Crippen MR) is 72.9 cm³/mol. The zero-order valence-electron chi connectivity index (χ0n) is 11.0. The van der Waals surface area contributed by atoms with Gasteiger partial charge in [-0.3, -0.25) is 0 Å². The summed E-state index contributed by atoms with van der Waals surface area (Å²) < 4.78 is 0. The van der Waals surface area contributed by atoms with Crippen molar-refractivity contribution in [2.75, 3.05) is 23.5 Å². The molecule has 0 amide bonds. The van der Waals surface area contributed by atoms with Crippen LogP contribution in [0.1, 0.15) is 40.0 Å². The van der Waals surface area contributed by atoms with Gasteiger partial charge in [0.15, 0.2) is 0 Å². The average molecular weight is 228 g/mol. The summed E-state index contributed by atoms with van der Waals surface area (Å²) in [7, 11) is -0.243. The molecule has 0 aromatic heterocycles. The lowest BCUT2D eigenvalue weighted by atomic mass is 9.65. The summed E-state index contributed by atoms with van der Waals surface area (Å²) in [6.45, 7) is 7.33. The molecule has 0 aromatic rings. The molecule has 3 fully saturated rings. The van der Waals surface area contributed by atoms with E-state index >= 15 is 0 Å². The fraction of sp³-hybridized carbons (Fsp3) is 1.00. The van der Waals surface area contributed by atoms with Crippen LogP contribution < -0.4 is 0 Å². The van der Waals surface area contributed by atoms with Crippen LogP contribution in [0.4, 0.5) is 0 Å². The number of fused-ring (bicyclic) bond motifs is 4. The van der Waals surface area contributed by atoms with Crippen LogP contribution in [-0.2, 0) is 0 Å². The monoisotopic (exact) mass is 228 g/mol. The van der Waals surface area contributed by atoms with E-state index in [1.807, 2.05) is 0 Å². The minimum absolute atomic E-state index is 0.243. The molecule has 0 N–H and O–H groups in total. The van der Waals surface area contributed by atoms with Crippen LogP contribution in [0.5, 0.6) is 0 Å². The molecule has 1 saturated carbocycles. The number of hydrogen-bond donors (Lipinski definition) is 0. The molecule has 0 radical (unpaired) electrons. The molecule has 1 heteroatoms. The molecule has 3 aliphatic rings. The third kappa shape index (κ3) is 2.54. The molecule has 2 heterocycles. The van der Waals surface area contributed by atoms with Crippen molar-refractivity contribution in [3.05, 3.63) is 0 Å². The fourth-order valence-electron chi connectivity index (χ4n) is 3.86. The van der Waals surface area contributed by atoms with Crippen LogP contribution >= 0.6 is 10.0 Å². The van der Waals surface area contributed by atoms with Gasteiger partial charge in [-0.05, 0) is 66.4 Å². The van der Waals surface area contributed by atoms with Crippen molar-refractivity contribution in [2.24, 2.45) is 23.7 Å². The minimum Gasteiger partial charge on any atom is -0.243 e. The zero-order chi connectivity index (χ0) is 11.1. The van der Waals surface area contributed by atoms with Crippen molar-refractivity contribution >= 4 is 10.0 Å². The third-order valence-corrected chi connectivity index (χ3v) is 8.64. The molecule has 0 aromatic carbocycles. The van der Waals surface area contributed by atoms with Gasteiger partial charge < -0.3 is 0 Å². The summed E-state index contributed by atoms with van der Waals surface area (Å²) in [6, 6.07) is 0. The molecule has 3 unspecified atom stereocenters. The smallest absolute Gasteiger partial charge is 0.0199 e. The number of rotatable bonds is 2. The molecule has 4 atom stereocenters. The van der Waals surface area contributed by atoms with Crippen molar-refractivity contribution in [2.45, 2.75) is 40.0 Å². The van der Waals surface area contributed by atoms with Gasteiger partial charge in [-0.2, -0.15) is 0 Å². The van der Waals surface area contributed by atoms with E-state index in [-0.39, 0.29) is 10.0 Å². The van der Waals surface area contributed by atoms with Gasteiger partial charge in [-0.25, -0.2) is 10.0 Å². The van der Waals surface area contributed by atoms with E-state index in [2.05, 4.69) is 27.0 Å². The summed E-state index contributed by atoms with van der Waals surface area (Å²) in [6.07, 6.45) is 7.28. The second kappa shape index (κ2) is 4.31. The van der Waals surface area contributed by atoms with E-state index in [9.17, 15) is 0 Å². The van der Waals surface area contributed by atoms with Gasteiger partial charge in [-0.15, -0.1) is 0 Å². The highest BCUT2D eigenvalue weighted by molar-refractivity contribution is 8.33. The lowest BCUT2D eigenvalue weighted by Crippen LogP contribution is -2.41. The first-order chi connectivity index (χ1) is 7.00. The largest absolute Gasteiger partial charge is 0.243 e. The van der Waals surface area contributed by atoms with Gasteiger partial charge in [-0.1, -0.05) is 20.8 Å². The van der Waals surface area contributed by atoms with Crippen LogP contribution in [0.3, 0.4) is 0 Å². The van der Waals surface area contributed by atoms with E-state index in [4.69, 9.17) is 0 Å². The lowest BCUT2D eigenvalue weighted by molar-refractivity contribution is 0.0950. The van der Waals surface area contributed by atoms with Crippen molar-refractivity contribution in [3.63, 3.8) is 0 Å². The highest BCUT2D eigenvalue weighted by Gasteiger charge is 2.41. The van der Waals surface area contributed by atoms with Crippen molar-refractivity contribution in [1.29, 1.82) is 0 Å². The van der Waals surface area contributed by atoms with Gasteiger partial charge >= 0.3 is 0 Å². The summed E-state index contributed by atoms with van der Waals surface area (Å²) in [5.41, 5.74) is 0. The maximum Gasteiger partial charge on any atom is -0.0199 e. The SMILES string of the molecule is CC(C)CS1(C)CCCC2CC(C1)[C@H]2C. The molecule has 2 bridgehead atoms. The molecule has 0 spiro atoms. The first-order valence-electron chi connectivity index (χ1n) is 6.71. The summed E-state index contributed by atoms with van der Waals surface area (Å²) in [4.78, 5) is 0. The Morgan fingerprint density at radius 2 is 2.00 bits per heavy atom. The van der Waals surface area contributed by atoms with E-state index in [1.54, 1.807) is 24.3 Å². The summed E-state index contributed by atoms with van der Waals surface area (Å²) in [5, 5.41) is 0. The Bertz CT molecular complexity index is 221. The van der Waals surface area contributed by atoms with Crippen LogP contribution in [0, 0.1) is 23.7 Å². The van der Waals surface area contributed by atoms with Crippen molar-refractivity contribution in [1.82, 2.24) is 0 Å². The first kappa shape index (κ1) is 11.8. The third-order valence-electron chi connectivity index (χ3n) is 4.66. The normalized spacial score (nSPS) is 50.1. The predicted octanol–water partition coefficient (Wildman–Crippen LogP) is 4.14.